The van der Waals surface area contributed by atoms with Crippen molar-refractivity contribution in [3.63, 3.8) is 0 Å². The van der Waals surface area contributed by atoms with Gasteiger partial charge < -0.3 is 9.15 Å². The zero-order valence-corrected chi connectivity index (χ0v) is 11.1. The van der Waals surface area contributed by atoms with Crippen LogP contribution in [0.2, 0.25) is 0 Å². The van der Waals surface area contributed by atoms with E-state index in [1.165, 1.54) is 5.56 Å². The van der Waals surface area contributed by atoms with Gasteiger partial charge in [0.05, 0.1) is 13.4 Å². The highest BCUT2D eigenvalue weighted by Gasteiger charge is 2.14. The molecule has 0 fully saturated rings. The molecule has 1 heterocycles. The molecular formula is C13H15BrO2. The normalized spacial score (nSPS) is 12.9. The Kier molecular flexibility index (Phi) is 3.54. The Bertz CT molecular complexity index is 476. The average Bonchev–Trinajstić information content (AvgIpc) is 2.76. The molecule has 0 aliphatic heterocycles. The maximum absolute atomic E-state index is 5.46. The predicted molar refractivity (Wildman–Crippen MR) is 69.3 cm³/mol. The standard InChI is InChI=1S/C13H15BrO2/c1-3-4-11(14)9-5-6-12(15-2)13-10(9)7-8-16-13/h5-8,11H,3-4H2,1-2H3. The van der Waals surface area contributed by atoms with Crippen molar-refractivity contribution >= 4 is 26.9 Å². The van der Waals surface area contributed by atoms with Crippen LogP contribution in [0.15, 0.2) is 28.9 Å². The summed E-state index contributed by atoms with van der Waals surface area (Å²) >= 11 is 3.72. The molecule has 1 aromatic carbocycles. The zero-order chi connectivity index (χ0) is 11.5. The number of fused-ring (bicyclic) bond motifs is 1. The average molecular weight is 283 g/mol. The maximum atomic E-state index is 5.46. The lowest BCUT2D eigenvalue weighted by Crippen LogP contribution is -1.91. The molecule has 0 aliphatic carbocycles. The summed E-state index contributed by atoms with van der Waals surface area (Å²) < 4.78 is 10.7. The maximum Gasteiger partial charge on any atom is 0.175 e. The van der Waals surface area contributed by atoms with Gasteiger partial charge in [-0.3, -0.25) is 0 Å². The number of alkyl halides is 1. The molecule has 86 valence electrons. The van der Waals surface area contributed by atoms with E-state index in [1.807, 2.05) is 12.1 Å². The molecule has 0 bridgehead atoms. The van der Waals surface area contributed by atoms with E-state index in [1.54, 1.807) is 13.4 Å². The van der Waals surface area contributed by atoms with Crippen molar-refractivity contribution in [3.8, 4) is 5.75 Å². The monoisotopic (exact) mass is 282 g/mol. The Morgan fingerprint density at radius 1 is 1.38 bits per heavy atom. The van der Waals surface area contributed by atoms with Gasteiger partial charge >= 0.3 is 0 Å². The summed E-state index contributed by atoms with van der Waals surface area (Å²) in [6.45, 7) is 2.18. The lowest BCUT2D eigenvalue weighted by atomic mass is 10.0. The molecule has 1 aromatic heterocycles. The SMILES string of the molecule is CCCC(Br)c1ccc(OC)c2occc12. The quantitative estimate of drug-likeness (QED) is 0.760. The molecule has 2 nitrogen and oxygen atoms in total. The Balaban J connectivity index is 2.51. The van der Waals surface area contributed by atoms with Gasteiger partial charge in [-0.15, -0.1) is 0 Å². The molecule has 1 atom stereocenters. The number of halogens is 1. The molecule has 0 N–H and O–H groups in total. The number of hydrogen-bond donors (Lipinski definition) is 0. The van der Waals surface area contributed by atoms with Crippen LogP contribution in [0.3, 0.4) is 0 Å². The molecule has 1 unspecified atom stereocenters. The first-order valence-corrected chi connectivity index (χ1v) is 6.37. The third kappa shape index (κ3) is 1.96. The summed E-state index contributed by atoms with van der Waals surface area (Å²) in [7, 11) is 1.66. The van der Waals surface area contributed by atoms with E-state index in [0.29, 0.717) is 4.83 Å². The van der Waals surface area contributed by atoms with Gasteiger partial charge in [0.15, 0.2) is 11.3 Å². The first-order chi connectivity index (χ1) is 7.77. The van der Waals surface area contributed by atoms with E-state index in [2.05, 4.69) is 28.9 Å². The molecule has 0 saturated heterocycles. The zero-order valence-electron chi connectivity index (χ0n) is 9.50. The predicted octanol–water partition coefficient (Wildman–Crippen LogP) is 4.68. The van der Waals surface area contributed by atoms with Crippen molar-refractivity contribution in [2.75, 3.05) is 7.11 Å². The van der Waals surface area contributed by atoms with Crippen molar-refractivity contribution < 1.29 is 9.15 Å². The van der Waals surface area contributed by atoms with Crippen molar-refractivity contribution in [2.24, 2.45) is 0 Å². The molecule has 0 saturated carbocycles. The van der Waals surface area contributed by atoms with Crippen LogP contribution in [0.1, 0.15) is 30.2 Å². The van der Waals surface area contributed by atoms with E-state index in [-0.39, 0.29) is 0 Å². The van der Waals surface area contributed by atoms with Crippen LogP contribution in [0, 0.1) is 0 Å². The highest BCUT2D eigenvalue weighted by Crippen LogP contribution is 2.37. The topological polar surface area (TPSA) is 22.4 Å². The number of hydrogen-bond acceptors (Lipinski definition) is 2. The minimum atomic E-state index is 0.378. The van der Waals surface area contributed by atoms with Crippen LogP contribution in [0.5, 0.6) is 5.75 Å². The Morgan fingerprint density at radius 2 is 2.19 bits per heavy atom. The first kappa shape index (κ1) is 11.5. The number of methoxy groups -OCH3 is 1. The van der Waals surface area contributed by atoms with Crippen molar-refractivity contribution in [1.29, 1.82) is 0 Å². The van der Waals surface area contributed by atoms with Crippen molar-refractivity contribution in [1.82, 2.24) is 0 Å². The second kappa shape index (κ2) is 4.91. The smallest absolute Gasteiger partial charge is 0.175 e. The van der Waals surface area contributed by atoms with Gasteiger partial charge in [-0.1, -0.05) is 35.3 Å². The van der Waals surface area contributed by atoms with E-state index < -0.39 is 0 Å². The summed E-state index contributed by atoms with van der Waals surface area (Å²) in [6, 6.07) is 6.06. The van der Waals surface area contributed by atoms with Crippen molar-refractivity contribution in [3.05, 3.63) is 30.0 Å². The summed E-state index contributed by atoms with van der Waals surface area (Å²) in [5.41, 5.74) is 2.10. The summed E-state index contributed by atoms with van der Waals surface area (Å²) in [6.07, 6.45) is 3.98. The summed E-state index contributed by atoms with van der Waals surface area (Å²) in [4.78, 5) is 0.378. The minimum Gasteiger partial charge on any atom is -0.493 e. The molecule has 2 rings (SSSR count). The fourth-order valence-corrected chi connectivity index (χ4v) is 2.76. The van der Waals surface area contributed by atoms with E-state index >= 15 is 0 Å². The molecule has 16 heavy (non-hydrogen) atoms. The summed E-state index contributed by atoms with van der Waals surface area (Å²) in [5.74, 6) is 0.792. The second-order valence-corrected chi connectivity index (χ2v) is 4.88. The minimum absolute atomic E-state index is 0.378. The second-order valence-electron chi connectivity index (χ2n) is 3.78. The van der Waals surface area contributed by atoms with Crippen LogP contribution in [-0.2, 0) is 0 Å². The molecule has 0 radical (unpaired) electrons. The molecule has 0 spiro atoms. The first-order valence-electron chi connectivity index (χ1n) is 5.46. The number of rotatable bonds is 4. The Morgan fingerprint density at radius 3 is 2.88 bits per heavy atom. The highest BCUT2D eigenvalue weighted by atomic mass is 79.9. The Hall–Kier alpha value is -0.960. The van der Waals surface area contributed by atoms with E-state index in [0.717, 1.165) is 29.6 Å². The van der Waals surface area contributed by atoms with Gasteiger partial charge in [0.1, 0.15) is 0 Å². The van der Waals surface area contributed by atoms with Gasteiger partial charge in [-0.25, -0.2) is 0 Å². The third-order valence-corrected chi connectivity index (χ3v) is 3.66. The highest BCUT2D eigenvalue weighted by molar-refractivity contribution is 9.09. The van der Waals surface area contributed by atoms with Gasteiger partial charge in [0, 0.05) is 10.2 Å². The summed E-state index contributed by atoms with van der Waals surface area (Å²) in [5, 5.41) is 1.13. The van der Waals surface area contributed by atoms with E-state index in [4.69, 9.17) is 9.15 Å². The van der Waals surface area contributed by atoms with Crippen LogP contribution in [-0.4, -0.2) is 7.11 Å². The fraction of sp³-hybridized carbons (Fsp3) is 0.385. The van der Waals surface area contributed by atoms with Gasteiger partial charge in [-0.05, 0) is 24.1 Å². The molecule has 3 heteroatoms. The Labute approximate surface area is 104 Å². The molecule has 0 amide bonds. The van der Waals surface area contributed by atoms with E-state index in [9.17, 15) is 0 Å². The fourth-order valence-electron chi connectivity index (χ4n) is 1.90. The number of benzene rings is 1. The van der Waals surface area contributed by atoms with Gasteiger partial charge in [-0.2, -0.15) is 0 Å². The van der Waals surface area contributed by atoms with Crippen LogP contribution < -0.4 is 4.74 Å². The number of furan rings is 1. The van der Waals surface area contributed by atoms with Gasteiger partial charge in [0.2, 0.25) is 0 Å². The lowest BCUT2D eigenvalue weighted by molar-refractivity contribution is 0.410. The van der Waals surface area contributed by atoms with Crippen molar-refractivity contribution in [2.45, 2.75) is 24.6 Å². The van der Waals surface area contributed by atoms with Crippen LogP contribution >= 0.6 is 15.9 Å². The molecule has 0 aliphatic rings. The largest absolute Gasteiger partial charge is 0.493 e. The number of ether oxygens (including phenoxy) is 1. The van der Waals surface area contributed by atoms with Crippen LogP contribution in [0.4, 0.5) is 0 Å². The molecule has 2 aromatic rings. The lowest BCUT2D eigenvalue weighted by Gasteiger charge is -2.11. The van der Waals surface area contributed by atoms with Crippen LogP contribution in [0.25, 0.3) is 11.0 Å². The third-order valence-electron chi connectivity index (χ3n) is 2.71. The molecular weight excluding hydrogens is 268 g/mol. The van der Waals surface area contributed by atoms with Gasteiger partial charge in [0.25, 0.3) is 0 Å².